The molecule has 17 heavy (non-hydrogen) atoms. The number of piperidine rings is 1. The van der Waals surface area contributed by atoms with Crippen LogP contribution in [0.15, 0.2) is 20.1 Å². The molecule has 0 amide bonds. The molecular formula is C10H14BrNO3S2. The molecule has 0 radical (unpaired) electrons. The van der Waals surface area contributed by atoms with Gasteiger partial charge < -0.3 is 5.11 Å². The average molecular weight is 340 g/mol. The normalized spacial score (nSPS) is 27.2. The molecule has 2 unspecified atom stereocenters. The van der Waals surface area contributed by atoms with E-state index in [1.54, 1.807) is 11.4 Å². The number of hydrogen-bond donors (Lipinski definition) is 1. The number of hydrogen-bond acceptors (Lipinski definition) is 4. The van der Waals surface area contributed by atoms with E-state index in [9.17, 15) is 13.5 Å². The lowest BCUT2D eigenvalue weighted by atomic mass is 9.99. The van der Waals surface area contributed by atoms with Crippen molar-refractivity contribution in [3.8, 4) is 0 Å². The number of nitrogens with zero attached hydrogens (tertiary/aromatic N) is 1. The van der Waals surface area contributed by atoms with Gasteiger partial charge in [0.05, 0.1) is 6.10 Å². The number of rotatable bonds is 2. The first-order valence-corrected chi connectivity index (χ1v) is 8.45. The smallest absolute Gasteiger partial charge is 0.253 e. The van der Waals surface area contributed by atoms with Crippen molar-refractivity contribution in [1.82, 2.24) is 4.31 Å². The van der Waals surface area contributed by atoms with E-state index in [1.165, 1.54) is 15.6 Å². The van der Waals surface area contributed by atoms with Crippen molar-refractivity contribution in [1.29, 1.82) is 0 Å². The zero-order chi connectivity index (χ0) is 12.6. The first-order valence-electron chi connectivity index (χ1n) is 5.34. The van der Waals surface area contributed by atoms with E-state index in [4.69, 9.17) is 0 Å². The van der Waals surface area contributed by atoms with Gasteiger partial charge in [0.1, 0.15) is 4.21 Å². The van der Waals surface area contributed by atoms with Gasteiger partial charge in [0.15, 0.2) is 0 Å². The van der Waals surface area contributed by atoms with Crippen molar-refractivity contribution < 1.29 is 13.5 Å². The molecule has 96 valence electrons. The van der Waals surface area contributed by atoms with Crippen LogP contribution in [0.1, 0.15) is 13.3 Å². The molecule has 0 saturated carbocycles. The van der Waals surface area contributed by atoms with Gasteiger partial charge in [-0.3, -0.25) is 0 Å². The van der Waals surface area contributed by atoms with Crippen LogP contribution in [0.25, 0.3) is 0 Å². The Bertz CT molecular complexity index is 499. The van der Waals surface area contributed by atoms with E-state index in [-0.39, 0.29) is 5.92 Å². The Balaban J connectivity index is 2.26. The van der Waals surface area contributed by atoms with Gasteiger partial charge >= 0.3 is 0 Å². The number of thiophene rings is 1. The molecular weight excluding hydrogens is 326 g/mol. The van der Waals surface area contributed by atoms with Crippen LogP contribution >= 0.6 is 27.3 Å². The fraction of sp³-hybridized carbons (Fsp3) is 0.600. The maximum atomic E-state index is 12.3. The summed E-state index contributed by atoms with van der Waals surface area (Å²) >= 11 is 4.46. The summed E-state index contributed by atoms with van der Waals surface area (Å²) in [6, 6.07) is 1.74. The van der Waals surface area contributed by atoms with E-state index in [0.29, 0.717) is 28.2 Å². The van der Waals surface area contributed by atoms with Crippen LogP contribution in [0.2, 0.25) is 0 Å². The molecule has 2 atom stereocenters. The molecule has 7 heteroatoms. The van der Waals surface area contributed by atoms with Crippen molar-refractivity contribution in [3.05, 3.63) is 15.9 Å². The van der Waals surface area contributed by atoms with Gasteiger partial charge in [0.2, 0.25) is 0 Å². The van der Waals surface area contributed by atoms with Crippen molar-refractivity contribution in [2.75, 3.05) is 13.1 Å². The molecule has 2 heterocycles. The molecule has 1 aliphatic heterocycles. The number of aliphatic hydroxyl groups is 1. The molecule has 1 N–H and O–H groups in total. The maximum Gasteiger partial charge on any atom is 0.253 e. The highest BCUT2D eigenvalue weighted by Gasteiger charge is 2.34. The zero-order valence-corrected chi connectivity index (χ0v) is 12.6. The Morgan fingerprint density at radius 2 is 2.29 bits per heavy atom. The van der Waals surface area contributed by atoms with E-state index in [2.05, 4.69) is 15.9 Å². The lowest BCUT2D eigenvalue weighted by molar-refractivity contribution is 0.0629. The van der Waals surface area contributed by atoms with Crippen molar-refractivity contribution in [2.24, 2.45) is 5.92 Å². The standard InChI is InChI=1S/C10H14BrNO3S2/c1-7-6-12(4-2-9(7)13)17(14,15)10-8(11)3-5-16-10/h3,5,7,9,13H,2,4,6H2,1H3. The molecule has 1 aromatic rings. The second-order valence-electron chi connectivity index (χ2n) is 4.25. The third kappa shape index (κ3) is 2.58. The van der Waals surface area contributed by atoms with Crippen LogP contribution in [0.4, 0.5) is 0 Å². The number of sulfonamides is 1. The molecule has 1 saturated heterocycles. The van der Waals surface area contributed by atoms with Crippen molar-refractivity contribution in [3.63, 3.8) is 0 Å². The van der Waals surface area contributed by atoms with Gasteiger partial charge in [-0.1, -0.05) is 6.92 Å². The molecule has 4 nitrogen and oxygen atoms in total. The maximum absolute atomic E-state index is 12.3. The Kier molecular flexibility index (Phi) is 3.94. The lowest BCUT2D eigenvalue weighted by Crippen LogP contribution is -2.44. The fourth-order valence-electron chi connectivity index (χ4n) is 1.89. The van der Waals surface area contributed by atoms with Crippen LogP contribution in [-0.2, 0) is 10.0 Å². The van der Waals surface area contributed by atoms with Crippen LogP contribution in [-0.4, -0.2) is 37.0 Å². The molecule has 2 rings (SSSR count). The topological polar surface area (TPSA) is 57.6 Å². The van der Waals surface area contributed by atoms with Gasteiger partial charge in [-0.15, -0.1) is 11.3 Å². The lowest BCUT2D eigenvalue weighted by Gasteiger charge is -2.33. The van der Waals surface area contributed by atoms with E-state index >= 15 is 0 Å². The van der Waals surface area contributed by atoms with Gasteiger partial charge in [-0.2, -0.15) is 4.31 Å². The molecule has 0 bridgehead atoms. The number of aliphatic hydroxyl groups excluding tert-OH is 1. The summed E-state index contributed by atoms with van der Waals surface area (Å²) in [4.78, 5) is 0. The van der Waals surface area contributed by atoms with E-state index in [1.807, 2.05) is 6.92 Å². The Morgan fingerprint density at radius 1 is 1.59 bits per heavy atom. The summed E-state index contributed by atoms with van der Waals surface area (Å²) in [6.07, 6.45) is 0.108. The predicted octanol–water partition coefficient (Wildman–Crippen LogP) is 1.90. The first-order chi connectivity index (χ1) is 7.93. The molecule has 1 aromatic heterocycles. The van der Waals surface area contributed by atoms with E-state index in [0.717, 1.165) is 0 Å². The third-order valence-corrected chi connectivity index (χ3v) is 7.49. The van der Waals surface area contributed by atoms with Gasteiger partial charge in [-0.05, 0) is 39.7 Å². The van der Waals surface area contributed by atoms with Crippen LogP contribution in [0, 0.1) is 5.92 Å². The minimum atomic E-state index is -3.41. The zero-order valence-electron chi connectivity index (χ0n) is 9.34. The van der Waals surface area contributed by atoms with E-state index < -0.39 is 16.1 Å². The summed E-state index contributed by atoms with van der Waals surface area (Å²) in [7, 11) is -3.41. The van der Waals surface area contributed by atoms with Crippen LogP contribution in [0.3, 0.4) is 0 Å². The fourth-order valence-corrected chi connectivity index (χ4v) is 5.90. The average Bonchev–Trinajstić information content (AvgIpc) is 2.69. The molecule has 0 spiro atoms. The van der Waals surface area contributed by atoms with Crippen molar-refractivity contribution >= 4 is 37.3 Å². The highest BCUT2D eigenvalue weighted by Crippen LogP contribution is 2.32. The van der Waals surface area contributed by atoms with Crippen LogP contribution in [0.5, 0.6) is 0 Å². The summed E-state index contributed by atoms with van der Waals surface area (Å²) < 4.78 is 27.1. The SMILES string of the molecule is CC1CN(S(=O)(=O)c2sccc2Br)CCC1O. The minimum Gasteiger partial charge on any atom is -0.393 e. The highest BCUT2D eigenvalue weighted by molar-refractivity contribution is 9.10. The Hall–Kier alpha value is 0.0500. The third-order valence-electron chi connectivity index (χ3n) is 2.98. The molecule has 0 aliphatic carbocycles. The summed E-state index contributed by atoms with van der Waals surface area (Å²) in [5.41, 5.74) is 0. The monoisotopic (exact) mass is 339 g/mol. The summed E-state index contributed by atoms with van der Waals surface area (Å²) in [6.45, 7) is 2.64. The largest absolute Gasteiger partial charge is 0.393 e. The van der Waals surface area contributed by atoms with Gasteiger partial charge in [-0.25, -0.2) is 8.42 Å². The quantitative estimate of drug-likeness (QED) is 0.895. The number of halogens is 1. The summed E-state index contributed by atoms with van der Waals surface area (Å²) in [5.74, 6) is -0.0164. The highest BCUT2D eigenvalue weighted by atomic mass is 79.9. The first kappa shape index (κ1) is 13.5. The Labute approximate surface area is 113 Å². The second kappa shape index (κ2) is 4.97. The van der Waals surface area contributed by atoms with Crippen LogP contribution < -0.4 is 0 Å². The van der Waals surface area contributed by atoms with Gasteiger partial charge in [0, 0.05) is 17.6 Å². The second-order valence-corrected chi connectivity index (χ2v) is 8.16. The summed E-state index contributed by atoms with van der Waals surface area (Å²) in [5, 5.41) is 11.4. The molecule has 1 aliphatic rings. The van der Waals surface area contributed by atoms with Crippen molar-refractivity contribution in [2.45, 2.75) is 23.7 Å². The predicted molar refractivity (Wildman–Crippen MR) is 70.6 cm³/mol. The Morgan fingerprint density at radius 3 is 2.82 bits per heavy atom. The molecule has 1 fully saturated rings. The minimum absolute atomic E-state index is 0.0164. The molecule has 0 aromatic carbocycles. The van der Waals surface area contributed by atoms with Gasteiger partial charge in [0.25, 0.3) is 10.0 Å².